The molecule has 0 fully saturated rings. The molecule has 19 heavy (non-hydrogen) atoms. The molecule has 106 valence electrons. The fraction of sp³-hybridized carbons (Fsp3) is 0.500. The van der Waals surface area contributed by atoms with Gasteiger partial charge in [-0.25, -0.2) is 0 Å². The van der Waals surface area contributed by atoms with Gasteiger partial charge in [-0.2, -0.15) is 0 Å². The van der Waals surface area contributed by atoms with Crippen LogP contribution in [0.4, 0.5) is 0 Å². The maximum Gasteiger partial charge on any atom is 0.221 e. The van der Waals surface area contributed by atoms with Crippen LogP contribution in [0.2, 0.25) is 0 Å². The average Bonchev–Trinajstić information content (AvgIpc) is 2.37. The van der Waals surface area contributed by atoms with Gasteiger partial charge in [-0.05, 0) is 12.0 Å². The maximum atomic E-state index is 11.4. The fourth-order valence-corrected chi connectivity index (χ4v) is 1.55. The van der Waals surface area contributed by atoms with Gasteiger partial charge in [-0.3, -0.25) is 4.79 Å². The Labute approximate surface area is 113 Å². The molecule has 0 aliphatic heterocycles. The van der Waals surface area contributed by atoms with Gasteiger partial charge in [0.15, 0.2) is 11.5 Å². The van der Waals surface area contributed by atoms with Crippen LogP contribution in [0, 0.1) is 5.92 Å². The van der Waals surface area contributed by atoms with E-state index in [1.165, 1.54) is 6.07 Å². The number of phenols is 2. The number of hydrogen-bond acceptors (Lipinski definition) is 4. The fourth-order valence-electron chi connectivity index (χ4n) is 1.55. The molecule has 0 aliphatic carbocycles. The van der Waals surface area contributed by atoms with Gasteiger partial charge in [-0.15, -0.1) is 0 Å². The van der Waals surface area contributed by atoms with E-state index in [4.69, 9.17) is 0 Å². The third-order valence-electron chi connectivity index (χ3n) is 2.65. The Bertz CT molecular complexity index is 419. The van der Waals surface area contributed by atoms with Crippen molar-refractivity contribution in [3.05, 3.63) is 23.8 Å². The summed E-state index contributed by atoms with van der Waals surface area (Å²) >= 11 is 0. The number of phenolic OH excluding ortho intramolecular Hbond substituents is 2. The van der Waals surface area contributed by atoms with Gasteiger partial charge < -0.3 is 20.8 Å². The first-order chi connectivity index (χ1) is 9.00. The molecular weight excluding hydrogens is 244 g/mol. The Morgan fingerprint density at radius 1 is 1.32 bits per heavy atom. The first kappa shape index (κ1) is 15.3. The third-order valence-corrected chi connectivity index (χ3v) is 2.65. The molecule has 0 bridgehead atoms. The SMILES string of the molecule is CC(C)CNC(=O)CCNCc1cccc(O)c1O. The molecule has 0 saturated heterocycles. The van der Waals surface area contributed by atoms with E-state index in [-0.39, 0.29) is 17.4 Å². The van der Waals surface area contributed by atoms with Crippen molar-refractivity contribution < 1.29 is 15.0 Å². The first-order valence-electron chi connectivity index (χ1n) is 6.48. The van der Waals surface area contributed by atoms with Gasteiger partial charge in [-0.1, -0.05) is 26.0 Å². The van der Waals surface area contributed by atoms with Gasteiger partial charge in [0.05, 0.1) is 0 Å². The monoisotopic (exact) mass is 266 g/mol. The predicted octanol–water partition coefficient (Wildman–Crippen LogP) is 1.35. The second-order valence-electron chi connectivity index (χ2n) is 4.91. The van der Waals surface area contributed by atoms with Crippen LogP contribution in [0.15, 0.2) is 18.2 Å². The summed E-state index contributed by atoms with van der Waals surface area (Å²) in [4.78, 5) is 11.4. The summed E-state index contributed by atoms with van der Waals surface area (Å²) in [6.07, 6.45) is 0.395. The molecule has 5 heteroatoms. The summed E-state index contributed by atoms with van der Waals surface area (Å²) in [7, 11) is 0. The first-order valence-corrected chi connectivity index (χ1v) is 6.48. The molecule has 0 aliphatic rings. The average molecular weight is 266 g/mol. The van der Waals surface area contributed by atoms with Crippen LogP contribution in [0.25, 0.3) is 0 Å². The molecule has 0 aromatic heterocycles. The van der Waals surface area contributed by atoms with Gasteiger partial charge in [0.25, 0.3) is 0 Å². The highest BCUT2D eigenvalue weighted by molar-refractivity contribution is 5.76. The Morgan fingerprint density at radius 3 is 2.74 bits per heavy atom. The standard InChI is InChI=1S/C14H22N2O3/c1-10(2)8-16-13(18)6-7-15-9-11-4-3-5-12(17)14(11)19/h3-5,10,15,17,19H,6-9H2,1-2H3,(H,16,18). The number of hydrogen-bond donors (Lipinski definition) is 4. The Hall–Kier alpha value is -1.75. The minimum atomic E-state index is -0.131. The molecular formula is C14H22N2O3. The topological polar surface area (TPSA) is 81.6 Å². The Morgan fingerprint density at radius 2 is 2.05 bits per heavy atom. The van der Waals surface area contributed by atoms with Crippen LogP contribution in [0.1, 0.15) is 25.8 Å². The molecule has 0 heterocycles. The van der Waals surface area contributed by atoms with Crippen molar-refractivity contribution in [1.29, 1.82) is 0 Å². The van der Waals surface area contributed by atoms with Gasteiger partial charge in [0.1, 0.15) is 0 Å². The van der Waals surface area contributed by atoms with E-state index in [2.05, 4.69) is 10.6 Å². The summed E-state index contributed by atoms with van der Waals surface area (Å²) in [6.45, 7) is 5.72. The molecule has 1 rings (SSSR count). The van der Waals surface area contributed by atoms with E-state index in [0.29, 0.717) is 37.5 Å². The van der Waals surface area contributed by atoms with Crippen LogP contribution in [0.3, 0.4) is 0 Å². The Balaban J connectivity index is 2.24. The lowest BCUT2D eigenvalue weighted by atomic mass is 10.2. The molecule has 0 saturated carbocycles. The second kappa shape index (κ2) is 7.63. The van der Waals surface area contributed by atoms with E-state index in [1.54, 1.807) is 12.1 Å². The second-order valence-corrected chi connectivity index (χ2v) is 4.91. The molecule has 1 aromatic rings. The zero-order chi connectivity index (χ0) is 14.3. The molecule has 0 spiro atoms. The highest BCUT2D eigenvalue weighted by Gasteiger charge is 2.06. The third kappa shape index (κ3) is 5.61. The smallest absolute Gasteiger partial charge is 0.221 e. The molecule has 0 radical (unpaired) electrons. The summed E-state index contributed by atoms with van der Waals surface area (Å²) in [5.41, 5.74) is 0.614. The lowest BCUT2D eigenvalue weighted by Crippen LogP contribution is -2.30. The van der Waals surface area contributed by atoms with Crippen LogP contribution in [0.5, 0.6) is 11.5 Å². The van der Waals surface area contributed by atoms with Crippen molar-refractivity contribution in [2.24, 2.45) is 5.92 Å². The van der Waals surface area contributed by atoms with Crippen molar-refractivity contribution in [2.45, 2.75) is 26.8 Å². The summed E-state index contributed by atoms with van der Waals surface area (Å²) in [5, 5.41) is 24.8. The minimum absolute atomic E-state index is 0.0151. The summed E-state index contributed by atoms with van der Waals surface area (Å²) < 4.78 is 0. The van der Waals surface area contributed by atoms with Crippen LogP contribution in [-0.4, -0.2) is 29.2 Å². The number of rotatable bonds is 7. The number of nitrogens with one attached hydrogen (secondary N) is 2. The lowest BCUT2D eigenvalue weighted by Gasteiger charge is -2.09. The number of carbonyl (C=O) groups is 1. The highest BCUT2D eigenvalue weighted by atomic mass is 16.3. The quantitative estimate of drug-likeness (QED) is 0.443. The number of aromatic hydroxyl groups is 2. The van der Waals surface area contributed by atoms with Crippen LogP contribution in [-0.2, 0) is 11.3 Å². The zero-order valence-electron chi connectivity index (χ0n) is 11.4. The molecule has 5 nitrogen and oxygen atoms in total. The van der Waals surface area contributed by atoms with E-state index < -0.39 is 0 Å². The van der Waals surface area contributed by atoms with Crippen molar-refractivity contribution in [3.8, 4) is 11.5 Å². The Kier molecular flexibility index (Phi) is 6.15. The van der Waals surface area contributed by atoms with E-state index in [1.807, 2.05) is 13.8 Å². The zero-order valence-corrected chi connectivity index (χ0v) is 11.4. The van der Waals surface area contributed by atoms with Crippen molar-refractivity contribution in [3.63, 3.8) is 0 Å². The molecule has 1 amide bonds. The van der Waals surface area contributed by atoms with Crippen molar-refractivity contribution >= 4 is 5.91 Å². The molecule has 1 aromatic carbocycles. The number of para-hydroxylation sites is 1. The van der Waals surface area contributed by atoms with Crippen molar-refractivity contribution in [2.75, 3.05) is 13.1 Å². The maximum absolute atomic E-state index is 11.4. The van der Waals surface area contributed by atoms with Gasteiger partial charge >= 0.3 is 0 Å². The van der Waals surface area contributed by atoms with E-state index in [9.17, 15) is 15.0 Å². The van der Waals surface area contributed by atoms with E-state index in [0.717, 1.165) is 0 Å². The minimum Gasteiger partial charge on any atom is -0.504 e. The highest BCUT2D eigenvalue weighted by Crippen LogP contribution is 2.27. The van der Waals surface area contributed by atoms with Gasteiger partial charge in [0, 0.05) is 31.6 Å². The van der Waals surface area contributed by atoms with Crippen LogP contribution >= 0.6 is 0 Å². The molecule has 0 unspecified atom stereocenters. The summed E-state index contributed by atoms with van der Waals surface area (Å²) in [5.74, 6) is 0.218. The molecule has 4 N–H and O–H groups in total. The number of amides is 1. The normalized spacial score (nSPS) is 10.7. The largest absolute Gasteiger partial charge is 0.504 e. The molecule has 0 atom stereocenters. The lowest BCUT2D eigenvalue weighted by molar-refractivity contribution is -0.121. The number of carbonyl (C=O) groups excluding carboxylic acids is 1. The van der Waals surface area contributed by atoms with Crippen molar-refractivity contribution in [1.82, 2.24) is 10.6 Å². The van der Waals surface area contributed by atoms with Crippen LogP contribution < -0.4 is 10.6 Å². The summed E-state index contributed by atoms with van der Waals surface area (Å²) in [6, 6.07) is 4.82. The van der Waals surface area contributed by atoms with Gasteiger partial charge in [0.2, 0.25) is 5.91 Å². The number of benzene rings is 1. The predicted molar refractivity (Wildman–Crippen MR) is 73.9 cm³/mol. The van der Waals surface area contributed by atoms with E-state index >= 15 is 0 Å².